The molecule has 1 aliphatic carbocycles. The molecular weight excluding hydrogens is 452 g/mol. The Balaban J connectivity index is 1.44. The first kappa shape index (κ1) is 22.2. The smallest absolute Gasteiger partial charge is 0.277 e. The molecule has 8 heteroatoms. The minimum Gasteiger partial charge on any atom is -0.342 e. The van der Waals surface area contributed by atoms with Gasteiger partial charge in [0.25, 0.3) is 5.70 Å². The van der Waals surface area contributed by atoms with Gasteiger partial charge in [0, 0.05) is 54.3 Å². The summed E-state index contributed by atoms with van der Waals surface area (Å²) in [7, 11) is 0. The van der Waals surface area contributed by atoms with Gasteiger partial charge >= 0.3 is 0 Å². The highest BCUT2D eigenvalue weighted by Crippen LogP contribution is 2.44. The van der Waals surface area contributed by atoms with Crippen molar-refractivity contribution in [2.24, 2.45) is 5.92 Å². The molecule has 0 saturated carbocycles. The lowest BCUT2D eigenvalue weighted by molar-refractivity contribution is -0.374. The van der Waals surface area contributed by atoms with Crippen molar-refractivity contribution in [1.82, 2.24) is 14.9 Å². The molecule has 2 aliphatic rings. The topological polar surface area (TPSA) is 89.2 Å². The minimum atomic E-state index is -0.352. The number of nitro groups is 1. The molecule has 172 valence electrons. The van der Waals surface area contributed by atoms with Crippen LogP contribution in [0.1, 0.15) is 46.7 Å². The maximum absolute atomic E-state index is 12.9. The molecule has 1 unspecified atom stereocenters. The number of likely N-dealkylation sites (tertiary alicyclic amines) is 1. The van der Waals surface area contributed by atoms with Gasteiger partial charge in [-0.25, -0.2) is 0 Å². The summed E-state index contributed by atoms with van der Waals surface area (Å²) >= 11 is 6.25. The van der Waals surface area contributed by atoms with Crippen molar-refractivity contribution in [3.05, 3.63) is 104 Å². The van der Waals surface area contributed by atoms with E-state index in [0.29, 0.717) is 30.1 Å². The molecular formula is C26H23ClN4O3. The Kier molecular flexibility index (Phi) is 6.11. The molecule has 0 spiro atoms. The van der Waals surface area contributed by atoms with Gasteiger partial charge in [-0.15, -0.1) is 0 Å². The summed E-state index contributed by atoms with van der Waals surface area (Å²) in [4.78, 5) is 35.1. The Bertz CT molecular complexity index is 1270. The Morgan fingerprint density at radius 2 is 1.88 bits per heavy atom. The predicted molar refractivity (Wildman–Crippen MR) is 130 cm³/mol. The number of hydrogen-bond acceptors (Lipinski definition) is 5. The first-order valence-corrected chi connectivity index (χ1v) is 11.7. The summed E-state index contributed by atoms with van der Waals surface area (Å²) in [6, 6.07) is 12.8. The third kappa shape index (κ3) is 4.31. The summed E-state index contributed by atoms with van der Waals surface area (Å²) in [6.07, 6.45) is 8.67. The molecule has 3 heterocycles. The van der Waals surface area contributed by atoms with Gasteiger partial charge in [-0.3, -0.25) is 24.9 Å². The number of halogens is 1. The van der Waals surface area contributed by atoms with Crippen LogP contribution in [0.25, 0.3) is 11.8 Å². The van der Waals surface area contributed by atoms with Gasteiger partial charge in [0.1, 0.15) is 0 Å². The van der Waals surface area contributed by atoms with Crippen LogP contribution in [0, 0.1) is 16.0 Å². The molecule has 0 radical (unpaired) electrons. The van der Waals surface area contributed by atoms with Crippen LogP contribution in [0.4, 0.5) is 0 Å². The molecule has 1 aliphatic heterocycles. The molecule has 1 atom stereocenters. The first-order chi connectivity index (χ1) is 16.5. The lowest BCUT2D eigenvalue weighted by Gasteiger charge is -2.36. The standard InChI is InChI=1S/C26H23ClN4O3/c27-20-3-4-21-22(16-20)23(31(33)34)15-19-2-1-9-29-26(19)25(21)18-7-12-30(13-8-18)24(32)14-17-5-10-28-11-6-17/h1-6,9-11,15-16,18,25H,7-8,12-14H2. The summed E-state index contributed by atoms with van der Waals surface area (Å²) in [6.45, 7) is 1.29. The number of carbonyl (C=O) groups excluding carboxylic acids is 1. The summed E-state index contributed by atoms with van der Waals surface area (Å²) in [5.41, 5.74) is 3.97. The van der Waals surface area contributed by atoms with Crippen LogP contribution < -0.4 is 0 Å². The molecule has 3 aromatic rings. The van der Waals surface area contributed by atoms with Crippen molar-refractivity contribution in [3.8, 4) is 0 Å². The molecule has 1 saturated heterocycles. The fourth-order valence-electron chi connectivity index (χ4n) is 5.10. The number of aromatic nitrogens is 2. The zero-order valence-corrected chi connectivity index (χ0v) is 19.2. The molecule has 0 N–H and O–H groups in total. The van der Waals surface area contributed by atoms with E-state index in [2.05, 4.69) is 9.97 Å². The molecule has 2 aromatic heterocycles. The largest absolute Gasteiger partial charge is 0.342 e. The molecule has 7 nitrogen and oxygen atoms in total. The molecule has 1 fully saturated rings. The van der Waals surface area contributed by atoms with Crippen LogP contribution in [0.2, 0.25) is 5.02 Å². The van der Waals surface area contributed by atoms with E-state index in [1.165, 1.54) is 0 Å². The van der Waals surface area contributed by atoms with E-state index < -0.39 is 0 Å². The van der Waals surface area contributed by atoms with Crippen molar-refractivity contribution < 1.29 is 9.72 Å². The number of pyridine rings is 2. The van der Waals surface area contributed by atoms with Crippen molar-refractivity contribution in [3.63, 3.8) is 0 Å². The van der Waals surface area contributed by atoms with E-state index in [0.717, 1.165) is 35.2 Å². The van der Waals surface area contributed by atoms with Gasteiger partial charge in [-0.05, 0) is 60.2 Å². The van der Waals surface area contributed by atoms with Crippen molar-refractivity contribution in [1.29, 1.82) is 0 Å². The van der Waals surface area contributed by atoms with Gasteiger partial charge in [0.15, 0.2) is 0 Å². The highest BCUT2D eigenvalue weighted by molar-refractivity contribution is 6.30. The number of hydrogen-bond donors (Lipinski definition) is 0. The van der Waals surface area contributed by atoms with E-state index in [1.807, 2.05) is 29.2 Å². The summed E-state index contributed by atoms with van der Waals surface area (Å²) in [5, 5.41) is 12.4. The fourth-order valence-corrected chi connectivity index (χ4v) is 5.28. The average molecular weight is 475 g/mol. The van der Waals surface area contributed by atoms with Crippen LogP contribution in [0.15, 0.2) is 61.1 Å². The normalized spacial score (nSPS) is 17.9. The molecule has 5 rings (SSSR count). The number of rotatable bonds is 4. The van der Waals surface area contributed by atoms with E-state index >= 15 is 0 Å². The van der Waals surface area contributed by atoms with Gasteiger partial charge in [-0.1, -0.05) is 23.7 Å². The number of carbonyl (C=O) groups is 1. The number of piperidine rings is 1. The first-order valence-electron chi connectivity index (χ1n) is 11.3. The lowest BCUT2D eigenvalue weighted by Crippen LogP contribution is -2.40. The second-order valence-electron chi connectivity index (χ2n) is 8.72. The second-order valence-corrected chi connectivity index (χ2v) is 9.16. The van der Waals surface area contributed by atoms with E-state index in [4.69, 9.17) is 11.6 Å². The zero-order valence-electron chi connectivity index (χ0n) is 18.4. The Labute approximate surface area is 202 Å². The number of benzene rings is 1. The van der Waals surface area contributed by atoms with E-state index in [9.17, 15) is 14.9 Å². The van der Waals surface area contributed by atoms with Crippen LogP contribution in [0.5, 0.6) is 0 Å². The van der Waals surface area contributed by atoms with Gasteiger partial charge in [0.2, 0.25) is 5.91 Å². The monoisotopic (exact) mass is 474 g/mol. The fraction of sp³-hybridized carbons (Fsp3) is 0.269. The zero-order chi connectivity index (χ0) is 23.7. The minimum absolute atomic E-state index is 0.0271. The van der Waals surface area contributed by atoms with Gasteiger partial charge in [0.05, 0.1) is 22.6 Å². The highest BCUT2D eigenvalue weighted by Gasteiger charge is 2.37. The van der Waals surface area contributed by atoms with Crippen LogP contribution in [-0.4, -0.2) is 38.8 Å². The Morgan fingerprint density at radius 1 is 1.12 bits per heavy atom. The highest BCUT2D eigenvalue weighted by atomic mass is 35.5. The molecule has 1 aromatic carbocycles. The third-order valence-corrected chi connectivity index (χ3v) is 6.98. The number of amides is 1. The van der Waals surface area contributed by atoms with Crippen LogP contribution in [0.3, 0.4) is 0 Å². The number of nitrogens with zero attached hydrogens (tertiary/aromatic N) is 4. The summed E-state index contributed by atoms with van der Waals surface area (Å²) in [5.74, 6) is 0.182. The van der Waals surface area contributed by atoms with Gasteiger partial charge < -0.3 is 4.90 Å². The quantitative estimate of drug-likeness (QED) is 0.399. The van der Waals surface area contributed by atoms with Crippen molar-refractivity contribution in [2.75, 3.05) is 13.1 Å². The van der Waals surface area contributed by atoms with E-state index in [-0.39, 0.29) is 28.4 Å². The second kappa shape index (κ2) is 9.35. The maximum Gasteiger partial charge on any atom is 0.277 e. The maximum atomic E-state index is 12.9. The molecule has 0 bridgehead atoms. The van der Waals surface area contributed by atoms with E-state index in [1.54, 1.807) is 42.9 Å². The van der Waals surface area contributed by atoms with Gasteiger partial charge in [-0.2, -0.15) is 0 Å². The average Bonchev–Trinajstić information content (AvgIpc) is 2.99. The third-order valence-electron chi connectivity index (χ3n) is 6.75. The van der Waals surface area contributed by atoms with Crippen molar-refractivity contribution in [2.45, 2.75) is 25.2 Å². The van der Waals surface area contributed by atoms with Crippen LogP contribution >= 0.6 is 11.6 Å². The summed E-state index contributed by atoms with van der Waals surface area (Å²) < 4.78 is 0. The lowest BCUT2D eigenvalue weighted by atomic mass is 9.76. The molecule has 34 heavy (non-hydrogen) atoms. The predicted octanol–water partition coefficient (Wildman–Crippen LogP) is 4.83. The number of fused-ring (bicyclic) bond motifs is 2. The Hall–Kier alpha value is -3.58. The SMILES string of the molecule is O=C(Cc1ccncc1)N1CCC(C2c3ccc(Cl)cc3C([N+](=O)[O-])=Cc3cccnc32)CC1. The molecule has 1 amide bonds. The Morgan fingerprint density at radius 3 is 2.62 bits per heavy atom. The van der Waals surface area contributed by atoms with Crippen LogP contribution in [-0.2, 0) is 11.2 Å². The van der Waals surface area contributed by atoms with Crippen molar-refractivity contribution >= 4 is 29.3 Å².